The lowest BCUT2D eigenvalue weighted by atomic mass is 10.2. The summed E-state index contributed by atoms with van der Waals surface area (Å²) in [5, 5.41) is 7.58. The molecule has 0 radical (unpaired) electrons. The second-order valence-electron chi connectivity index (χ2n) is 5.86. The Labute approximate surface area is 114 Å². The number of hydrogen-bond donors (Lipinski definition) is 1. The average Bonchev–Trinajstić information content (AvgIpc) is 3.12. The van der Waals surface area contributed by atoms with Crippen LogP contribution in [0.15, 0.2) is 10.6 Å². The van der Waals surface area contributed by atoms with E-state index in [0.717, 1.165) is 37.7 Å². The van der Waals surface area contributed by atoms with Crippen LogP contribution in [0.3, 0.4) is 0 Å². The Balaban J connectivity index is 1.53. The molecule has 1 aliphatic heterocycles. The minimum absolute atomic E-state index is 0.301. The predicted octanol–water partition coefficient (Wildman–Crippen LogP) is 1.54. The van der Waals surface area contributed by atoms with E-state index in [0.29, 0.717) is 18.2 Å². The SMILES string of the molecule is CC1CN(Cc2cc(CNC3CC3)no2)C(C)CO1. The topological polar surface area (TPSA) is 50.5 Å². The van der Waals surface area contributed by atoms with Gasteiger partial charge in [-0.3, -0.25) is 4.90 Å². The number of hydrogen-bond acceptors (Lipinski definition) is 5. The molecular weight excluding hydrogens is 242 g/mol. The zero-order chi connectivity index (χ0) is 13.2. The predicted molar refractivity (Wildman–Crippen MR) is 71.7 cm³/mol. The van der Waals surface area contributed by atoms with Crippen molar-refractivity contribution in [2.24, 2.45) is 0 Å². The summed E-state index contributed by atoms with van der Waals surface area (Å²) in [7, 11) is 0. The summed E-state index contributed by atoms with van der Waals surface area (Å²) in [5.74, 6) is 0.952. The lowest BCUT2D eigenvalue weighted by Crippen LogP contribution is -2.46. The van der Waals surface area contributed by atoms with E-state index in [1.165, 1.54) is 12.8 Å². The average molecular weight is 265 g/mol. The molecule has 2 unspecified atom stereocenters. The molecule has 5 heteroatoms. The van der Waals surface area contributed by atoms with Crippen molar-refractivity contribution >= 4 is 0 Å². The van der Waals surface area contributed by atoms with Gasteiger partial charge in [0.25, 0.3) is 0 Å². The van der Waals surface area contributed by atoms with E-state index >= 15 is 0 Å². The van der Waals surface area contributed by atoms with Crippen LogP contribution in [0.25, 0.3) is 0 Å². The van der Waals surface area contributed by atoms with Crippen molar-refractivity contribution in [3.05, 3.63) is 17.5 Å². The third-order valence-electron chi connectivity index (χ3n) is 3.85. The fraction of sp³-hybridized carbons (Fsp3) is 0.786. The van der Waals surface area contributed by atoms with Gasteiger partial charge >= 0.3 is 0 Å². The number of rotatable bonds is 5. The molecule has 1 aromatic heterocycles. The van der Waals surface area contributed by atoms with E-state index in [2.05, 4.69) is 35.3 Å². The van der Waals surface area contributed by atoms with Gasteiger partial charge in [0, 0.05) is 31.2 Å². The second kappa shape index (κ2) is 5.61. The van der Waals surface area contributed by atoms with Crippen molar-refractivity contribution in [3.8, 4) is 0 Å². The summed E-state index contributed by atoms with van der Waals surface area (Å²) in [6.07, 6.45) is 2.90. The van der Waals surface area contributed by atoms with Crippen LogP contribution in [0, 0.1) is 0 Å². The van der Waals surface area contributed by atoms with E-state index < -0.39 is 0 Å². The van der Waals surface area contributed by atoms with Crippen LogP contribution in [0.2, 0.25) is 0 Å². The minimum atomic E-state index is 0.301. The first kappa shape index (κ1) is 13.1. The highest BCUT2D eigenvalue weighted by molar-refractivity contribution is 5.06. The van der Waals surface area contributed by atoms with Crippen molar-refractivity contribution in [1.82, 2.24) is 15.4 Å². The molecule has 0 spiro atoms. The van der Waals surface area contributed by atoms with Crippen molar-refractivity contribution in [2.45, 2.75) is 58.0 Å². The van der Waals surface area contributed by atoms with Crippen LogP contribution in [0.1, 0.15) is 38.1 Å². The van der Waals surface area contributed by atoms with Crippen molar-refractivity contribution < 1.29 is 9.26 Å². The maximum Gasteiger partial charge on any atom is 0.151 e. The summed E-state index contributed by atoms with van der Waals surface area (Å²) >= 11 is 0. The molecule has 106 valence electrons. The molecule has 1 saturated carbocycles. The van der Waals surface area contributed by atoms with E-state index in [9.17, 15) is 0 Å². The molecule has 2 fully saturated rings. The van der Waals surface area contributed by atoms with E-state index in [-0.39, 0.29) is 0 Å². The lowest BCUT2D eigenvalue weighted by molar-refractivity contribution is -0.0550. The fourth-order valence-corrected chi connectivity index (χ4v) is 2.44. The van der Waals surface area contributed by atoms with Crippen molar-refractivity contribution in [1.29, 1.82) is 0 Å². The quantitative estimate of drug-likeness (QED) is 0.875. The molecule has 0 aromatic carbocycles. The molecular formula is C14H23N3O2. The number of nitrogens with one attached hydrogen (secondary N) is 1. The highest BCUT2D eigenvalue weighted by Crippen LogP contribution is 2.20. The molecule has 1 aliphatic carbocycles. The van der Waals surface area contributed by atoms with E-state index in [4.69, 9.17) is 9.26 Å². The first-order valence-electron chi connectivity index (χ1n) is 7.24. The molecule has 1 N–H and O–H groups in total. The fourth-order valence-electron chi connectivity index (χ4n) is 2.44. The Hall–Kier alpha value is -0.910. The van der Waals surface area contributed by atoms with Gasteiger partial charge in [-0.15, -0.1) is 0 Å². The number of ether oxygens (including phenoxy) is 1. The molecule has 2 heterocycles. The van der Waals surface area contributed by atoms with Crippen LogP contribution < -0.4 is 5.32 Å². The smallest absolute Gasteiger partial charge is 0.151 e. The Morgan fingerprint density at radius 1 is 1.42 bits per heavy atom. The van der Waals surface area contributed by atoms with Gasteiger partial charge in [-0.05, 0) is 26.7 Å². The van der Waals surface area contributed by atoms with Gasteiger partial charge in [-0.1, -0.05) is 5.16 Å². The van der Waals surface area contributed by atoms with Crippen LogP contribution >= 0.6 is 0 Å². The lowest BCUT2D eigenvalue weighted by Gasteiger charge is -2.35. The standard InChI is InChI=1S/C14H23N3O2/c1-10-9-18-11(2)7-17(10)8-14-5-13(16-19-14)6-15-12-3-4-12/h5,10-12,15H,3-4,6-9H2,1-2H3. The number of aromatic nitrogens is 1. The summed E-state index contributed by atoms with van der Waals surface area (Å²) in [5.41, 5.74) is 1.01. The monoisotopic (exact) mass is 265 g/mol. The van der Waals surface area contributed by atoms with Gasteiger partial charge in [0.2, 0.25) is 0 Å². The first-order valence-corrected chi connectivity index (χ1v) is 7.24. The van der Waals surface area contributed by atoms with Gasteiger partial charge in [0.1, 0.15) is 0 Å². The molecule has 0 amide bonds. The number of nitrogens with zero attached hydrogens (tertiary/aromatic N) is 2. The molecule has 1 aromatic rings. The van der Waals surface area contributed by atoms with Gasteiger partial charge < -0.3 is 14.6 Å². The molecule has 2 atom stereocenters. The van der Waals surface area contributed by atoms with Gasteiger partial charge in [-0.25, -0.2) is 0 Å². The number of morpholine rings is 1. The third kappa shape index (κ3) is 3.55. The van der Waals surface area contributed by atoms with Gasteiger partial charge in [-0.2, -0.15) is 0 Å². The normalized spacial score (nSPS) is 28.7. The van der Waals surface area contributed by atoms with Crippen LogP contribution in [-0.2, 0) is 17.8 Å². The Morgan fingerprint density at radius 3 is 3.05 bits per heavy atom. The largest absolute Gasteiger partial charge is 0.376 e. The van der Waals surface area contributed by atoms with Crippen LogP contribution in [0.4, 0.5) is 0 Å². The molecule has 5 nitrogen and oxygen atoms in total. The summed E-state index contributed by atoms with van der Waals surface area (Å²) in [4.78, 5) is 2.40. The molecule has 0 bridgehead atoms. The van der Waals surface area contributed by atoms with Crippen LogP contribution in [0.5, 0.6) is 0 Å². The third-order valence-corrected chi connectivity index (χ3v) is 3.85. The minimum Gasteiger partial charge on any atom is -0.376 e. The second-order valence-corrected chi connectivity index (χ2v) is 5.86. The molecule has 1 saturated heterocycles. The highest BCUT2D eigenvalue weighted by Gasteiger charge is 2.25. The zero-order valence-corrected chi connectivity index (χ0v) is 11.8. The maximum absolute atomic E-state index is 5.64. The molecule has 2 aliphatic rings. The van der Waals surface area contributed by atoms with Crippen molar-refractivity contribution in [3.63, 3.8) is 0 Å². The Morgan fingerprint density at radius 2 is 2.26 bits per heavy atom. The first-order chi connectivity index (χ1) is 9.20. The maximum atomic E-state index is 5.64. The van der Waals surface area contributed by atoms with Crippen LogP contribution in [-0.4, -0.2) is 41.4 Å². The summed E-state index contributed by atoms with van der Waals surface area (Å²) in [6, 6.07) is 3.22. The Bertz CT molecular complexity index is 417. The molecule has 19 heavy (non-hydrogen) atoms. The van der Waals surface area contributed by atoms with Crippen molar-refractivity contribution in [2.75, 3.05) is 13.2 Å². The van der Waals surface area contributed by atoms with Gasteiger partial charge in [0.15, 0.2) is 5.76 Å². The van der Waals surface area contributed by atoms with E-state index in [1.807, 2.05) is 0 Å². The zero-order valence-electron chi connectivity index (χ0n) is 11.8. The molecule has 3 rings (SSSR count). The highest BCUT2D eigenvalue weighted by atomic mass is 16.5. The van der Waals surface area contributed by atoms with Gasteiger partial charge in [0.05, 0.1) is 24.9 Å². The van der Waals surface area contributed by atoms with E-state index in [1.54, 1.807) is 0 Å². The Kier molecular flexibility index (Phi) is 3.86. The summed E-state index contributed by atoms with van der Waals surface area (Å²) in [6.45, 7) is 7.71. The summed E-state index contributed by atoms with van der Waals surface area (Å²) < 4.78 is 11.1.